The van der Waals surface area contributed by atoms with Crippen molar-refractivity contribution in [2.24, 2.45) is 5.41 Å². The highest BCUT2D eigenvalue weighted by molar-refractivity contribution is 5.23. The van der Waals surface area contributed by atoms with Gasteiger partial charge in [0.15, 0.2) is 0 Å². The lowest BCUT2D eigenvalue weighted by Crippen LogP contribution is -2.13. The van der Waals surface area contributed by atoms with Gasteiger partial charge >= 0.3 is 0 Å². The van der Waals surface area contributed by atoms with Crippen LogP contribution in [0, 0.1) is 28.4 Å². The van der Waals surface area contributed by atoms with Crippen molar-refractivity contribution in [2.75, 3.05) is 6.61 Å². The molecule has 0 aromatic heterocycles. The third kappa shape index (κ3) is 3.85. The van der Waals surface area contributed by atoms with Crippen molar-refractivity contribution in [3.8, 4) is 11.8 Å². The number of nitriles is 1. The Hall–Kier alpha value is -1.63. The van der Waals surface area contributed by atoms with E-state index in [1.165, 1.54) is 0 Å². The summed E-state index contributed by atoms with van der Waals surface area (Å²) in [5.74, 6) is -1.20. The Morgan fingerprint density at radius 3 is 2.31 bits per heavy atom. The van der Waals surface area contributed by atoms with Gasteiger partial charge in [-0.05, 0) is 20.3 Å². The fourth-order valence-corrected chi connectivity index (χ4v) is 1.09. The van der Waals surface area contributed by atoms with E-state index in [-0.39, 0.29) is 12.4 Å². The number of halogens is 2. The molecule has 0 aliphatic rings. The number of hydrogen-bond donors (Lipinski definition) is 0. The van der Waals surface area contributed by atoms with Gasteiger partial charge < -0.3 is 4.74 Å². The first kappa shape index (κ1) is 12.4. The molecule has 0 fully saturated rings. The molecule has 0 aliphatic heterocycles. The molecule has 0 radical (unpaired) electrons. The predicted octanol–water partition coefficient (Wildman–Crippen LogP) is 3.28. The van der Waals surface area contributed by atoms with E-state index in [0.717, 1.165) is 18.2 Å². The van der Waals surface area contributed by atoms with E-state index in [0.29, 0.717) is 6.42 Å². The smallest absolute Gasteiger partial charge is 0.129 e. The minimum atomic E-state index is -0.672. The van der Waals surface area contributed by atoms with Gasteiger partial charge in [0.2, 0.25) is 0 Å². The molecule has 1 rings (SSSR count). The van der Waals surface area contributed by atoms with E-state index in [1.54, 1.807) is 13.8 Å². The highest BCUT2D eigenvalue weighted by atomic mass is 19.1. The number of benzene rings is 1. The normalized spacial score (nSPS) is 10.9. The zero-order chi connectivity index (χ0) is 12.2. The SMILES string of the molecule is CC(C)(C#N)CCOc1cc(F)cc(F)c1. The van der Waals surface area contributed by atoms with Crippen LogP contribution in [0.15, 0.2) is 18.2 Å². The van der Waals surface area contributed by atoms with Crippen molar-refractivity contribution in [1.29, 1.82) is 5.26 Å². The second kappa shape index (κ2) is 4.93. The van der Waals surface area contributed by atoms with E-state index in [2.05, 4.69) is 6.07 Å². The summed E-state index contributed by atoms with van der Waals surface area (Å²) in [6.07, 6.45) is 0.502. The molecule has 0 saturated heterocycles. The number of nitrogens with zero attached hydrogens (tertiary/aromatic N) is 1. The van der Waals surface area contributed by atoms with Crippen LogP contribution in [0.5, 0.6) is 5.75 Å². The van der Waals surface area contributed by atoms with Crippen LogP contribution in [-0.4, -0.2) is 6.61 Å². The maximum absolute atomic E-state index is 12.8. The summed E-state index contributed by atoms with van der Waals surface area (Å²) in [6.45, 7) is 3.81. The van der Waals surface area contributed by atoms with Crippen LogP contribution in [0.1, 0.15) is 20.3 Å². The zero-order valence-electron chi connectivity index (χ0n) is 9.26. The van der Waals surface area contributed by atoms with Gasteiger partial charge in [-0.2, -0.15) is 5.26 Å². The fraction of sp³-hybridized carbons (Fsp3) is 0.417. The van der Waals surface area contributed by atoms with E-state index >= 15 is 0 Å². The number of ether oxygens (including phenoxy) is 1. The Kier molecular flexibility index (Phi) is 3.83. The van der Waals surface area contributed by atoms with Crippen LogP contribution >= 0.6 is 0 Å². The van der Waals surface area contributed by atoms with Crippen LogP contribution in [-0.2, 0) is 0 Å². The third-order valence-corrected chi connectivity index (χ3v) is 2.13. The molecule has 0 aliphatic carbocycles. The molecule has 86 valence electrons. The van der Waals surface area contributed by atoms with E-state index in [9.17, 15) is 8.78 Å². The van der Waals surface area contributed by atoms with Gasteiger partial charge in [-0.3, -0.25) is 0 Å². The summed E-state index contributed by atoms with van der Waals surface area (Å²) in [7, 11) is 0. The molecular weight excluding hydrogens is 212 g/mol. The first-order chi connectivity index (χ1) is 7.43. The summed E-state index contributed by atoms with van der Waals surface area (Å²) in [6, 6.07) is 5.13. The first-order valence-electron chi connectivity index (χ1n) is 4.93. The Morgan fingerprint density at radius 1 is 1.25 bits per heavy atom. The monoisotopic (exact) mass is 225 g/mol. The second-order valence-electron chi connectivity index (χ2n) is 4.20. The topological polar surface area (TPSA) is 33.0 Å². The fourth-order valence-electron chi connectivity index (χ4n) is 1.09. The number of rotatable bonds is 4. The standard InChI is InChI=1S/C12H13F2NO/c1-12(2,8-15)3-4-16-11-6-9(13)5-10(14)7-11/h5-7H,3-4H2,1-2H3. The quantitative estimate of drug-likeness (QED) is 0.787. The van der Waals surface area contributed by atoms with Crippen LogP contribution in [0.25, 0.3) is 0 Å². The molecule has 2 nitrogen and oxygen atoms in total. The van der Waals surface area contributed by atoms with Crippen molar-refractivity contribution in [2.45, 2.75) is 20.3 Å². The molecule has 0 amide bonds. The summed E-state index contributed by atoms with van der Waals surface area (Å²) in [5, 5.41) is 8.75. The van der Waals surface area contributed by atoms with Crippen molar-refractivity contribution in [1.82, 2.24) is 0 Å². The van der Waals surface area contributed by atoms with Gasteiger partial charge in [0, 0.05) is 18.2 Å². The van der Waals surface area contributed by atoms with Crippen LogP contribution < -0.4 is 4.74 Å². The summed E-state index contributed by atoms with van der Waals surface area (Å²) < 4.78 is 30.7. The lowest BCUT2D eigenvalue weighted by atomic mass is 9.92. The summed E-state index contributed by atoms with van der Waals surface area (Å²) in [4.78, 5) is 0. The summed E-state index contributed by atoms with van der Waals surface area (Å²) >= 11 is 0. The average Bonchev–Trinajstić information content (AvgIpc) is 2.16. The highest BCUT2D eigenvalue weighted by Gasteiger charge is 2.16. The Bertz CT molecular complexity index is 390. The molecule has 0 spiro atoms. The highest BCUT2D eigenvalue weighted by Crippen LogP contribution is 2.20. The minimum Gasteiger partial charge on any atom is -0.493 e. The third-order valence-electron chi connectivity index (χ3n) is 2.13. The Morgan fingerprint density at radius 2 is 1.81 bits per heavy atom. The van der Waals surface area contributed by atoms with Crippen LogP contribution in [0.3, 0.4) is 0 Å². The second-order valence-corrected chi connectivity index (χ2v) is 4.20. The molecule has 0 saturated carbocycles. The van der Waals surface area contributed by atoms with E-state index in [4.69, 9.17) is 10.00 Å². The predicted molar refractivity (Wildman–Crippen MR) is 55.9 cm³/mol. The van der Waals surface area contributed by atoms with Gasteiger partial charge in [0.25, 0.3) is 0 Å². The average molecular weight is 225 g/mol. The largest absolute Gasteiger partial charge is 0.493 e. The molecule has 4 heteroatoms. The van der Waals surface area contributed by atoms with Crippen molar-refractivity contribution >= 4 is 0 Å². The van der Waals surface area contributed by atoms with Gasteiger partial charge in [-0.25, -0.2) is 8.78 Å². The van der Waals surface area contributed by atoms with E-state index in [1.807, 2.05) is 0 Å². The zero-order valence-corrected chi connectivity index (χ0v) is 9.26. The molecule has 16 heavy (non-hydrogen) atoms. The maximum atomic E-state index is 12.8. The molecule has 0 bridgehead atoms. The minimum absolute atomic E-state index is 0.145. The van der Waals surface area contributed by atoms with Gasteiger partial charge in [-0.1, -0.05) is 0 Å². The van der Waals surface area contributed by atoms with Gasteiger partial charge in [-0.15, -0.1) is 0 Å². The van der Waals surface area contributed by atoms with Crippen molar-refractivity contribution in [3.05, 3.63) is 29.8 Å². The molecule has 0 atom stereocenters. The molecule has 1 aromatic rings. The van der Waals surface area contributed by atoms with Crippen molar-refractivity contribution < 1.29 is 13.5 Å². The Balaban J connectivity index is 2.53. The number of hydrogen-bond acceptors (Lipinski definition) is 2. The maximum Gasteiger partial charge on any atom is 0.129 e. The van der Waals surface area contributed by atoms with E-state index < -0.39 is 17.0 Å². The van der Waals surface area contributed by atoms with Crippen molar-refractivity contribution in [3.63, 3.8) is 0 Å². The first-order valence-corrected chi connectivity index (χ1v) is 4.93. The van der Waals surface area contributed by atoms with Gasteiger partial charge in [0.1, 0.15) is 17.4 Å². The van der Waals surface area contributed by atoms with Gasteiger partial charge in [0.05, 0.1) is 18.1 Å². The lowest BCUT2D eigenvalue weighted by Gasteiger charge is -2.15. The lowest BCUT2D eigenvalue weighted by molar-refractivity contribution is 0.262. The molecule has 1 aromatic carbocycles. The molecule has 0 heterocycles. The molecule has 0 N–H and O–H groups in total. The molecule has 0 unspecified atom stereocenters. The Labute approximate surface area is 93.5 Å². The molecular formula is C12H13F2NO. The summed E-state index contributed by atoms with van der Waals surface area (Å²) in [5.41, 5.74) is -0.494. The van der Waals surface area contributed by atoms with Crippen LogP contribution in [0.4, 0.5) is 8.78 Å². The van der Waals surface area contributed by atoms with Crippen LogP contribution in [0.2, 0.25) is 0 Å².